The second-order valence-corrected chi connectivity index (χ2v) is 5.71. The van der Waals surface area contributed by atoms with Crippen molar-refractivity contribution in [2.45, 2.75) is 33.2 Å². The highest BCUT2D eigenvalue weighted by Crippen LogP contribution is 2.14. The van der Waals surface area contributed by atoms with E-state index < -0.39 is 0 Å². The molecule has 1 aliphatic rings. The van der Waals surface area contributed by atoms with Crippen LogP contribution in [-0.2, 0) is 17.8 Å². The maximum absolute atomic E-state index is 11.2. The monoisotopic (exact) mass is 267 g/mol. The molecule has 18 heavy (non-hydrogen) atoms. The molecule has 0 aromatic carbocycles. The third-order valence-electron chi connectivity index (χ3n) is 3.27. The Morgan fingerprint density at radius 3 is 2.72 bits per heavy atom. The maximum Gasteiger partial charge on any atom is 0.219 e. The minimum atomic E-state index is 0.188. The average molecular weight is 267 g/mol. The van der Waals surface area contributed by atoms with Gasteiger partial charge in [-0.3, -0.25) is 9.69 Å². The van der Waals surface area contributed by atoms with Crippen molar-refractivity contribution < 1.29 is 4.79 Å². The van der Waals surface area contributed by atoms with Crippen molar-refractivity contribution in [1.82, 2.24) is 14.8 Å². The van der Waals surface area contributed by atoms with Crippen LogP contribution in [0.25, 0.3) is 0 Å². The van der Waals surface area contributed by atoms with Crippen LogP contribution in [-0.4, -0.2) is 46.9 Å². The van der Waals surface area contributed by atoms with Crippen LogP contribution in [0.1, 0.15) is 31.0 Å². The van der Waals surface area contributed by atoms with Crippen molar-refractivity contribution in [3.05, 3.63) is 16.1 Å². The maximum atomic E-state index is 11.2. The largest absolute Gasteiger partial charge is 0.340 e. The number of thiazole rings is 1. The molecule has 0 unspecified atom stereocenters. The first kappa shape index (κ1) is 13.5. The summed E-state index contributed by atoms with van der Waals surface area (Å²) < 4.78 is 0. The zero-order valence-corrected chi connectivity index (χ0v) is 12.0. The van der Waals surface area contributed by atoms with Crippen LogP contribution in [0.15, 0.2) is 5.38 Å². The van der Waals surface area contributed by atoms with Crippen molar-refractivity contribution in [3.63, 3.8) is 0 Å². The number of carbonyl (C=O) groups excluding carboxylic acids is 1. The third kappa shape index (κ3) is 3.53. The van der Waals surface area contributed by atoms with Gasteiger partial charge >= 0.3 is 0 Å². The van der Waals surface area contributed by atoms with Gasteiger partial charge < -0.3 is 4.90 Å². The summed E-state index contributed by atoms with van der Waals surface area (Å²) in [4.78, 5) is 20.2. The lowest BCUT2D eigenvalue weighted by molar-refractivity contribution is -0.130. The predicted octanol–water partition coefficient (Wildman–Crippen LogP) is 1.76. The minimum absolute atomic E-state index is 0.188. The summed E-state index contributed by atoms with van der Waals surface area (Å²) in [5.74, 6) is 0.188. The number of aromatic nitrogens is 1. The van der Waals surface area contributed by atoms with Gasteiger partial charge in [0.2, 0.25) is 5.91 Å². The lowest BCUT2D eigenvalue weighted by atomic mass is 10.3. The molecular formula is C13H21N3OS. The van der Waals surface area contributed by atoms with Gasteiger partial charge in [0.1, 0.15) is 0 Å². The summed E-state index contributed by atoms with van der Waals surface area (Å²) in [7, 11) is 0. The highest BCUT2D eigenvalue weighted by atomic mass is 32.1. The van der Waals surface area contributed by atoms with Gasteiger partial charge in [0.15, 0.2) is 0 Å². The Bertz CT molecular complexity index is 397. The molecule has 1 aliphatic heterocycles. The van der Waals surface area contributed by atoms with Gasteiger partial charge in [-0.1, -0.05) is 6.92 Å². The fraction of sp³-hybridized carbons (Fsp3) is 0.692. The number of rotatable bonds is 4. The fourth-order valence-electron chi connectivity index (χ4n) is 2.20. The summed E-state index contributed by atoms with van der Waals surface area (Å²) in [5.41, 5.74) is 1.18. The molecule has 1 aromatic rings. The van der Waals surface area contributed by atoms with E-state index in [0.717, 1.165) is 45.6 Å². The predicted molar refractivity (Wildman–Crippen MR) is 73.6 cm³/mol. The molecule has 2 heterocycles. The third-order valence-corrected chi connectivity index (χ3v) is 4.22. The van der Waals surface area contributed by atoms with E-state index in [-0.39, 0.29) is 5.91 Å². The van der Waals surface area contributed by atoms with Crippen molar-refractivity contribution in [1.29, 1.82) is 0 Å². The molecule has 0 saturated carbocycles. The molecule has 1 aromatic heterocycles. The number of hydrogen-bond acceptors (Lipinski definition) is 4. The molecule has 5 heteroatoms. The van der Waals surface area contributed by atoms with E-state index in [2.05, 4.69) is 22.2 Å². The highest BCUT2D eigenvalue weighted by molar-refractivity contribution is 7.09. The zero-order valence-electron chi connectivity index (χ0n) is 11.2. The number of aryl methyl sites for hydroxylation is 1. The molecule has 0 radical (unpaired) electrons. The number of amides is 1. The van der Waals surface area contributed by atoms with Gasteiger partial charge in [-0.25, -0.2) is 4.98 Å². The Kier molecular flexibility index (Phi) is 4.72. The normalized spacial score (nSPS) is 17.1. The molecule has 1 amide bonds. The van der Waals surface area contributed by atoms with E-state index in [9.17, 15) is 4.79 Å². The number of hydrogen-bond donors (Lipinski definition) is 0. The smallest absolute Gasteiger partial charge is 0.219 e. The Morgan fingerprint density at radius 2 is 2.11 bits per heavy atom. The van der Waals surface area contributed by atoms with Gasteiger partial charge in [0.25, 0.3) is 0 Å². The second kappa shape index (κ2) is 6.29. The lowest BCUT2D eigenvalue weighted by Crippen LogP contribution is -2.47. The van der Waals surface area contributed by atoms with Gasteiger partial charge in [-0.15, -0.1) is 11.3 Å². The van der Waals surface area contributed by atoms with Crippen molar-refractivity contribution in [3.8, 4) is 0 Å². The van der Waals surface area contributed by atoms with E-state index in [1.807, 2.05) is 4.90 Å². The van der Waals surface area contributed by atoms with Crippen LogP contribution in [0.4, 0.5) is 0 Å². The number of carbonyl (C=O) groups is 1. The topological polar surface area (TPSA) is 36.4 Å². The summed E-state index contributed by atoms with van der Waals surface area (Å²) in [6, 6.07) is 0. The van der Waals surface area contributed by atoms with E-state index >= 15 is 0 Å². The molecule has 100 valence electrons. The van der Waals surface area contributed by atoms with Crippen LogP contribution in [0.2, 0.25) is 0 Å². The SMILES string of the molecule is CCCc1nc(CN2CCN(C(C)=O)CC2)cs1. The van der Waals surface area contributed by atoms with Gasteiger partial charge in [0, 0.05) is 45.0 Å². The summed E-state index contributed by atoms with van der Waals surface area (Å²) in [5, 5.41) is 3.41. The van der Waals surface area contributed by atoms with Crippen LogP contribution in [0.3, 0.4) is 0 Å². The molecule has 4 nitrogen and oxygen atoms in total. The second-order valence-electron chi connectivity index (χ2n) is 4.76. The van der Waals surface area contributed by atoms with E-state index in [0.29, 0.717) is 0 Å². The molecule has 0 bridgehead atoms. The lowest BCUT2D eigenvalue weighted by Gasteiger charge is -2.33. The van der Waals surface area contributed by atoms with Crippen LogP contribution in [0.5, 0.6) is 0 Å². The highest BCUT2D eigenvalue weighted by Gasteiger charge is 2.19. The van der Waals surface area contributed by atoms with Gasteiger partial charge in [-0.2, -0.15) is 0 Å². The molecule has 2 rings (SSSR count). The summed E-state index contributed by atoms with van der Waals surface area (Å²) in [6.45, 7) is 8.37. The van der Waals surface area contributed by atoms with E-state index in [1.165, 1.54) is 10.7 Å². The van der Waals surface area contributed by atoms with Crippen LogP contribution in [0, 0.1) is 0 Å². The van der Waals surface area contributed by atoms with Crippen molar-refractivity contribution in [2.75, 3.05) is 26.2 Å². The molecule has 1 fully saturated rings. The first-order valence-electron chi connectivity index (χ1n) is 6.60. The minimum Gasteiger partial charge on any atom is -0.340 e. The Balaban J connectivity index is 1.81. The zero-order chi connectivity index (χ0) is 13.0. The molecule has 0 spiro atoms. The quantitative estimate of drug-likeness (QED) is 0.834. The van der Waals surface area contributed by atoms with Crippen LogP contribution < -0.4 is 0 Å². The van der Waals surface area contributed by atoms with Crippen molar-refractivity contribution >= 4 is 17.2 Å². The summed E-state index contributed by atoms with van der Waals surface area (Å²) >= 11 is 1.77. The molecule has 0 aliphatic carbocycles. The van der Waals surface area contributed by atoms with Gasteiger partial charge in [0.05, 0.1) is 10.7 Å². The first-order chi connectivity index (χ1) is 8.69. The van der Waals surface area contributed by atoms with E-state index in [4.69, 9.17) is 0 Å². The van der Waals surface area contributed by atoms with Gasteiger partial charge in [-0.05, 0) is 12.8 Å². The Hall–Kier alpha value is -0.940. The standard InChI is InChI=1S/C13H21N3OS/c1-3-4-13-14-12(10-18-13)9-15-5-7-16(8-6-15)11(2)17/h10H,3-9H2,1-2H3. The summed E-state index contributed by atoms with van der Waals surface area (Å²) in [6.07, 6.45) is 2.24. The molecule has 1 saturated heterocycles. The van der Waals surface area contributed by atoms with E-state index in [1.54, 1.807) is 18.3 Å². The van der Waals surface area contributed by atoms with Crippen LogP contribution >= 0.6 is 11.3 Å². The number of nitrogens with zero attached hydrogens (tertiary/aromatic N) is 3. The number of piperazine rings is 1. The Labute approximate surface area is 113 Å². The molecule has 0 N–H and O–H groups in total. The first-order valence-corrected chi connectivity index (χ1v) is 7.48. The average Bonchev–Trinajstić information content (AvgIpc) is 2.78. The fourth-order valence-corrected chi connectivity index (χ4v) is 3.09. The van der Waals surface area contributed by atoms with Crippen molar-refractivity contribution in [2.24, 2.45) is 0 Å². The molecule has 0 atom stereocenters. The Morgan fingerprint density at radius 1 is 1.39 bits per heavy atom. The molecular weight excluding hydrogens is 246 g/mol.